The van der Waals surface area contributed by atoms with Crippen LogP contribution in [-0.4, -0.2) is 9.97 Å². The van der Waals surface area contributed by atoms with Gasteiger partial charge in [-0.25, -0.2) is 9.97 Å². The molecular formula is C17H11BrN2OS. The van der Waals surface area contributed by atoms with E-state index in [1.807, 2.05) is 36.4 Å². The molecule has 0 saturated heterocycles. The van der Waals surface area contributed by atoms with Crippen molar-refractivity contribution >= 4 is 49.8 Å². The van der Waals surface area contributed by atoms with Gasteiger partial charge in [0.25, 0.3) is 0 Å². The number of hydrogen-bond acceptors (Lipinski definition) is 4. The van der Waals surface area contributed by atoms with E-state index < -0.39 is 0 Å². The molecule has 3 nitrogen and oxygen atoms in total. The van der Waals surface area contributed by atoms with Gasteiger partial charge in [-0.3, -0.25) is 0 Å². The molecule has 0 radical (unpaired) electrons. The van der Waals surface area contributed by atoms with Gasteiger partial charge in [0.1, 0.15) is 22.5 Å². The van der Waals surface area contributed by atoms with Crippen LogP contribution < -0.4 is 0 Å². The zero-order valence-electron chi connectivity index (χ0n) is 11.5. The van der Waals surface area contributed by atoms with E-state index >= 15 is 0 Å². The van der Waals surface area contributed by atoms with Crippen molar-refractivity contribution in [1.82, 2.24) is 9.97 Å². The summed E-state index contributed by atoms with van der Waals surface area (Å²) in [5.41, 5.74) is 3.74. The first-order valence-electron chi connectivity index (χ1n) is 6.81. The Morgan fingerprint density at radius 2 is 1.82 bits per heavy atom. The second-order valence-electron chi connectivity index (χ2n) is 4.87. The Bertz CT molecular complexity index is 950. The fourth-order valence-electron chi connectivity index (χ4n) is 2.34. The third-order valence-corrected chi connectivity index (χ3v) is 4.98. The lowest BCUT2D eigenvalue weighted by atomic mass is 10.2. The number of furan rings is 1. The Balaban J connectivity index is 1.70. The summed E-state index contributed by atoms with van der Waals surface area (Å²) in [6, 6.07) is 16.2. The van der Waals surface area contributed by atoms with Gasteiger partial charge < -0.3 is 4.42 Å². The van der Waals surface area contributed by atoms with Crippen LogP contribution in [0.2, 0.25) is 0 Å². The van der Waals surface area contributed by atoms with Crippen LogP contribution in [0.5, 0.6) is 0 Å². The average Bonchev–Trinajstić information content (AvgIpc) is 2.94. The largest absolute Gasteiger partial charge is 0.451 e. The number of rotatable bonds is 3. The number of para-hydroxylation sites is 1. The molecular weight excluding hydrogens is 360 g/mol. The van der Waals surface area contributed by atoms with E-state index in [1.54, 1.807) is 18.1 Å². The summed E-state index contributed by atoms with van der Waals surface area (Å²) in [5.74, 6) is 0.844. The maximum Gasteiger partial charge on any atom is 0.186 e. The SMILES string of the molecule is Brc1ccc(CSc2ncnc3c2oc2ccccc23)cc1. The van der Waals surface area contributed by atoms with Crippen molar-refractivity contribution in [3.8, 4) is 0 Å². The molecule has 0 N–H and O–H groups in total. The van der Waals surface area contributed by atoms with Gasteiger partial charge in [0, 0.05) is 15.6 Å². The molecule has 0 spiro atoms. The molecule has 0 fully saturated rings. The van der Waals surface area contributed by atoms with Crippen LogP contribution in [-0.2, 0) is 5.75 Å². The van der Waals surface area contributed by atoms with Crippen molar-refractivity contribution in [3.05, 3.63) is 64.9 Å². The van der Waals surface area contributed by atoms with Crippen LogP contribution in [0.4, 0.5) is 0 Å². The number of thioether (sulfide) groups is 1. The minimum Gasteiger partial charge on any atom is -0.451 e. The molecule has 0 aliphatic heterocycles. The maximum absolute atomic E-state index is 5.94. The number of aromatic nitrogens is 2. The van der Waals surface area contributed by atoms with Gasteiger partial charge in [-0.2, -0.15) is 0 Å². The molecule has 0 bridgehead atoms. The summed E-state index contributed by atoms with van der Waals surface area (Å²) < 4.78 is 7.02. The Morgan fingerprint density at radius 3 is 2.68 bits per heavy atom. The van der Waals surface area contributed by atoms with Gasteiger partial charge in [0.2, 0.25) is 0 Å². The van der Waals surface area contributed by atoms with Crippen molar-refractivity contribution < 1.29 is 4.42 Å². The van der Waals surface area contributed by atoms with E-state index in [9.17, 15) is 0 Å². The molecule has 5 heteroatoms. The Hall–Kier alpha value is -1.85. The first-order chi connectivity index (χ1) is 10.8. The lowest BCUT2D eigenvalue weighted by molar-refractivity contribution is 0.653. The molecule has 0 aliphatic rings. The highest BCUT2D eigenvalue weighted by atomic mass is 79.9. The van der Waals surface area contributed by atoms with Gasteiger partial charge >= 0.3 is 0 Å². The smallest absolute Gasteiger partial charge is 0.186 e. The number of halogens is 1. The Kier molecular flexibility index (Phi) is 3.60. The topological polar surface area (TPSA) is 38.9 Å². The second-order valence-corrected chi connectivity index (χ2v) is 6.75. The minimum absolute atomic E-state index is 0.769. The van der Waals surface area contributed by atoms with Crippen LogP contribution in [0.3, 0.4) is 0 Å². The van der Waals surface area contributed by atoms with Crippen molar-refractivity contribution in [2.24, 2.45) is 0 Å². The number of hydrogen-bond donors (Lipinski definition) is 0. The first kappa shape index (κ1) is 13.8. The van der Waals surface area contributed by atoms with Crippen LogP contribution in [0.1, 0.15) is 5.56 Å². The zero-order valence-corrected chi connectivity index (χ0v) is 13.9. The summed E-state index contributed by atoms with van der Waals surface area (Å²) in [6.45, 7) is 0. The lowest BCUT2D eigenvalue weighted by Crippen LogP contribution is -1.86. The molecule has 4 aromatic rings. The fourth-order valence-corrected chi connectivity index (χ4v) is 3.49. The molecule has 22 heavy (non-hydrogen) atoms. The first-order valence-corrected chi connectivity index (χ1v) is 8.58. The number of nitrogens with zero attached hydrogens (tertiary/aromatic N) is 2. The van der Waals surface area contributed by atoms with Crippen molar-refractivity contribution in [3.63, 3.8) is 0 Å². The second kappa shape index (κ2) is 5.74. The molecule has 2 aromatic heterocycles. The van der Waals surface area contributed by atoms with Crippen LogP contribution in [0.25, 0.3) is 22.1 Å². The van der Waals surface area contributed by atoms with E-state index in [-0.39, 0.29) is 0 Å². The molecule has 0 atom stereocenters. The average molecular weight is 371 g/mol. The normalized spacial score (nSPS) is 11.3. The van der Waals surface area contributed by atoms with Crippen LogP contribution in [0, 0.1) is 0 Å². The molecule has 0 aliphatic carbocycles. The molecule has 108 valence electrons. The summed E-state index contributed by atoms with van der Waals surface area (Å²) in [6.07, 6.45) is 1.61. The van der Waals surface area contributed by atoms with Gasteiger partial charge in [-0.15, -0.1) is 0 Å². The molecule has 0 saturated carbocycles. The molecule has 0 unspecified atom stereocenters. The third-order valence-electron chi connectivity index (χ3n) is 3.41. The van der Waals surface area contributed by atoms with E-state index in [4.69, 9.17) is 4.42 Å². The van der Waals surface area contributed by atoms with E-state index in [0.717, 1.165) is 37.3 Å². The van der Waals surface area contributed by atoms with Gasteiger partial charge in [-0.1, -0.05) is 52.0 Å². The number of benzene rings is 2. The third kappa shape index (κ3) is 2.51. The van der Waals surface area contributed by atoms with Gasteiger partial charge in [-0.05, 0) is 29.8 Å². The van der Waals surface area contributed by atoms with E-state index in [1.165, 1.54) is 5.56 Å². The molecule has 2 aromatic carbocycles. The molecule has 2 heterocycles. The van der Waals surface area contributed by atoms with Crippen LogP contribution >= 0.6 is 27.7 Å². The molecule has 4 rings (SSSR count). The maximum atomic E-state index is 5.94. The molecule has 0 amide bonds. The van der Waals surface area contributed by atoms with E-state index in [0.29, 0.717) is 0 Å². The summed E-state index contributed by atoms with van der Waals surface area (Å²) >= 11 is 5.12. The highest BCUT2D eigenvalue weighted by molar-refractivity contribution is 9.10. The Morgan fingerprint density at radius 1 is 1.00 bits per heavy atom. The highest BCUT2D eigenvalue weighted by Gasteiger charge is 2.13. The minimum atomic E-state index is 0.769. The standard InChI is InChI=1S/C17H11BrN2OS/c18-12-7-5-11(6-8-12)9-22-17-16-15(19-10-20-17)13-3-1-2-4-14(13)21-16/h1-8,10H,9H2. The lowest BCUT2D eigenvalue weighted by Gasteiger charge is -2.02. The van der Waals surface area contributed by atoms with Gasteiger partial charge in [0.05, 0.1) is 0 Å². The van der Waals surface area contributed by atoms with Crippen molar-refractivity contribution in [2.75, 3.05) is 0 Å². The number of fused-ring (bicyclic) bond motifs is 3. The highest BCUT2D eigenvalue weighted by Crippen LogP contribution is 2.33. The fraction of sp³-hybridized carbons (Fsp3) is 0.0588. The summed E-state index contributed by atoms with van der Waals surface area (Å²) in [7, 11) is 0. The summed E-state index contributed by atoms with van der Waals surface area (Å²) in [5, 5.41) is 1.91. The predicted molar refractivity (Wildman–Crippen MR) is 93.0 cm³/mol. The predicted octanol–water partition coefficient (Wildman–Crippen LogP) is 5.43. The van der Waals surface area contributed by atoms with Gasteiger partial charge in [0.15, 0.2) is 5.58 Å². The van der Waals surface area contributed by atoms with E-state index in [2.05, 4.69) is 38.0 Å². The zero-order chi connectivity index (χ0) is 14.9. The van der Waals surface area contributed by atoms with Crippen molar-refractivity contribution in [1.29, 1.82) is 0 Å². The quantitative estimate of drug-likeness (QED) is 0.356. The van der Waals surface area contributed by atoms with Crippen LogP contribution in [0.15, 0.2) is 68.8 Å². The monoisotopic (exact) mass is 370 g/mol. The summed E-state index contributed by atoms with van der Waals surface area (Å²) in [4.78, 5) is 8.76. The Labute approximate surface area is 139 Å². The van der Waals surface area contributed by atoms with Crippen molar-refractivity contribution in [2.45, 2.75) is 10.8 Å².